The SMILES string of the molecule is COC(=O)[C@H]1Cc2ccccc2C[NH+]1CC(=O)Nc1ccc(F)cc1. The largest absolute Gasteiger partial charge is 0.465 e. The van der Waals surface area contributed by atoms with Crippen LogP contribution in [0.2, 0.25) is 0 Å². The molecule has 0 radical (unpaired) electrons. The number of ether oxygens (including phenoxy) is 1. The van der Waals surface area contributed by atoms with Crippen molar-refractivity contribution in [1.82, 2.24) is 0 Å². The minimum Gasteiger partial charge on any atom is -0.465 e. The van der Waals surface area contributed by atoms with Crippen LogP contribution < -0.4 is 10.2 Å². The number of hydrogen-bond donors (Lipinski definition) is 2. The Bertz CT molecular complexity index is 776. The van der Waals surface area contributed by atoms with Crippen LogP contribution in [0.15, 0.2) is 48.5 Å². The van der Waals surface area contributed by atoms with E-state index in [1.807, 2.05) is 24.3 Å². The normalized spacial score (nSPS) is 19.0. The number of anilines is 1. The molecule has 2 aromatic rings. The molecule has 0 saturated carbocycles. The number of nitrogens with one attached hydrogen (secondary N) is 2. The fourth-order valence-corrected chi connectivity index (χ4v) is 3.18. The quantitative estimate of drug-likeness (QED) is 0.813. The monoisotopic (exact) mass is 343 g/mol. The summed E-state index contributed by atoms with van der Waals surface area (Å²) in [6.07, 6.45) is 0.544. The van der Waals surface area contributed by atoms with Crippen molar-refractivity contribution in [3.63, 3.8) is 0 Å². The molecule has 0 spiro atoms. The molecule has 0 fully saturated rings. The molecule has 0 saturated heterocycles. The van der Waals surface area contributed by atoms with Crippen LogP contribution in [-0.4, -0.2) is 31.6 Å². The van der Waals surface area contributed by atoms with E-state index in [1.165, 1.54) is 31.4 Å². The Hall–Kier alpha value is -2.73. The van der Waals surface area contributed by atoms with E-state index in [0.29, 0.717) is 18.7 Å². The van der Waals surface area contributed by atoms with Gasteiger partial charge in [0.2, 0.25) is 0 Å². The molecule has 2 aromatic carbocycles. The van der Waals surface area contributed by atoms with Crippen molar-refractivity contribution in [3.8, 4) is 0 Å². The maximum atomic E-state index is 12.9. The van der Waals surface area contributed by atoms with Crippen molar-refractivity contribution in [2.24, 2.45) is 0 Å². The first-order chi connectivity index (χ1) is 12.1. The number of rotatable bonds is 4. The summed E-state index contributed by atoms with van der Waals surface area (Å²) in [5.41, 5.74) is 2.77. The Kier molecular flexibility index (Phi) is 5.09. The maximum absolute atomic E-state index is 12.9. The number of esters is 1. The van der Waals surface area contributed by atoms with Gasteiger partial charge in [-0.3, -0.25) is 4.79 Å². The lowest BCUT2D eigenvalue weighted by Gasteiger charge is -2.31. The summed E-state index contributed by atoms with van der Waals surface area (Å²) >= 11 is 0. The summed E-state index contributed by atoms with van der Waals surface area (Å²) in [6, 6.07) is 13.1. The molecule has 1 aliphatic heterocycles. The highest BCUT2D eigenvalue weighted by Gasteiger charge is 2.37. The molecule has 0 bridgehead atoms. The Balaban J connectivity index is 1.73. The standard InChI is InChI=1S/C19H19FN2O3/c1-25-19(24)17-10-13-4-2-3-5-14(13)11-22(17)12-18(23)21-16-8-6-15(20)7-9-16/h2-9,17H,10-12H2,1H3,(H,21,23)/p+1/t17-/m1/s1. The van der Waals surface area contributed by atoms with Crippen molar-refractivity contribution >= 4 is 17.6 Å². The zero-order valence-electron chi connectivity index (χ0n) is 13.9. The second kappa shape index (κ2) is 7.44. The number of carbonyl (C=O) groups is 2. The van der Waals surface area contributed by atoms with Crippen LogP contribution >= 0.6 is 0 Å². The summed E-state index contributed by atoms with van der Waals surface area (Å²) in [4.78, 5) is 25.3. The van der Waals surface area contributed by atoms with E-state index >= 15 is 0 Å². The van der Waals surface area contributed by atoms with Crippen LogP contribution in [-0.2, 0) is 27.3 Å². The predicted octanol–water partition coefficient (Wildman–Crippen LogP) is 0.947. The predicted molar refractivity (Wildman–Crippen MR) is 90.5 cm³/mol. The summed E-state index contributed by atoms with van der Waals surface area (Å²) in [6.45, 7) is 0.707. The zero-order chi connectivity index (χ0) is 17.8. The summed E-state index contributed by atoms with van der Waals surface area (Å²) in [7, 11) is 1.36. The van der Waals surface area contributed by atoms with Gasteiger partial charge >= 0.3 is 5.97 Å². The molecule has 0 aromatic heterocycles. The average molecular weight is 343 g/mol. The Morgan fingerprint density at radius 3 is 2.52 bits per heavy atom. The van der Waals surface area contributed by atoms with E-state index in [0.717, 1.165) is 16.0 Å². The minimum atomic E-state index is -0.418. The highest BCUT2D eigenvalue weighted by molar-refractivity contribution is 5.91. The summed E-state index contributed by atoms with van der Waals surface area (Å²) in [5.74, 6) is -0.906. The number of benzene rings is 2. The van der Waals surface area contributed by atoms with Gasteiger partial charge in [0.05, 0.1) is 7.11 Å². The number of hydrogen-bond acceptors (Lipinski definition) is 3. The number of methoxy groups -OCH3 is 1. The molecule has 25 heavy (non-hydrogen) atoms. The lowest BCUT2D eigenvalue weighted by Crippen LogP contribution is -3.17. The average Bonchev–Trinajstić information content (AvgIpc) is 2.62. The molecular formula is C19H20FN2O3+. The lowest BCUT2D eigenvalue weighted by molar-refractivity contribution is -0.924. The molecule has 2 atom stereocenters. The first-order valence-electron chi connectivity index (χ1n) is 8.11. The molecule has 130 valence electrons. The smallest absolute Gasteiger partial charge is 0.365 e. The number of quaternary nitrogens is 1. The van der Waals surface area contributed by atoms with Crippen LogP contribution in [0.25, 0.3) is 0 Å². The third kappa shape index (κ3) is 4.03. The number of halogens is 1. The van der Waals surface area contributed by atoms with Gasteiger partial charge in [0.25, 0.3) is 5.91 Å². The minimum absolute atomic E-state index is 0.130. The number of amides is 1. The summed E-state index contributed by atoms with van der Waals surface area (Å²) in [5, 5.41) is 2.74. The fourth-order valence-electron chi connectivity index (χ4n) is 3.18. The second-order valence-corrected chi connectivity index (χ2v) is 6.12. The van der Waals surface area contributed by atoms with E-state index in [9.17, 15) is 14.0 Å². The van der Waals surface area contributed by atoms with E-state index in [2.05, 4.69) is 5.32 Å². The molecule has 3 rings (SSSR count). The van der Waals surface area contributed by atoms with Crippen molar-refractivity contribution in [3.05, 3.63) is 65.5 Å². The van der Waals surface area contributed by atoms with Gasteiger partial charge in [-0.2, -0.15) is 0 Å². The highest BCUT2D eigenvalue weighted by Crippen LogP contribution is 2.14. The van der Waals surface area contributed by atoms with E-state index in [-0.39, 0.29) is 24.2 Å². The Morgan fingerprint density at radius 2 is 1.84 bits per heavy atom. The van der Waals surface area contributed by atoms with E-state index < -0.39 is 6.04 Å². The van der Waals surface area contributed by atoms with E-state index in [4.69, 9.17) is 4.74 Å². The van der Waals surface area contributed by atoms with Gasteiger partial charge in [0.15, 0.2) is 12.6 Å². The molecule has 1 aliphatic rings. The molecular weight excluding hydrogens is 323 g/mol. The third-order valence-corrected chi connectivity index (χ3v) is 4.45. The van der Waals surface area contributed by atoms with Gasteiger partial charge in [-0.25, -0.2) is 9.18 Å². The van der Waals surface area contributed by atoms with Crippen molar-refractivity contribution < 1.29 is 23.6 Å². The van der Waals surface area contributed by atoms with Crippen molar-refractivity contribution in [1.29, 1.82) is 0 Å². The fraction of sp³-hybridized carbons (Fsp3) is 0.263. The van der Waals surface area contributed by atoms with Gasteiger partial charge < -0.3 is 15.0 Å². The van der Waals surface area contributed by atoms with Gasteiger partial charge in [0, 0.05) is 17.7 Å². The molecule has 5 nitrogen and oxygen atoms in total. The molecule has 1 heterocycles. The molecule has 1 unspecified atom stereocenters. The van der Waals surface area contributed by atoms with Gasteiger partial charge in [-0.1, -0.05) is 24.3 Å². The zero-order valence-corrected chi connectivity index (χ0v) is 13.9. The highest BCUT2D eigenvalue weighted by atomic mass is 19.1. The number of carbonyl (C=O) groups excluding carboxylic acids is 2. The summed E-state index contributed by atoms with van der Waals surface area (Å²) < 4.78 is 17.9. The molecule has 6 heteroatoms. The van der Waals surface area contributed by atoms with Gasteiger partial charge in [-0.15, -0.1) is 0 Å². The van der Waals surface area contributed by atoms with Crippen LogP contribution in [0.1, 0.15) is 11.1 Å². The first-order valence-corrected chi connectivity index (χ1v) is 8.11. The van der Waals surface area contributed by atoms with Gasteiger partial charge in [-0.05, 0) is 29.8 Å². The Morgan fingerprint density at radius 1 is 1.16 bits per heavy atom. The molecule has 2 N–H and O–H groups in total. The lowest BCUT2D eigenvalue weighted by atomic mass is 9.94. The van der Waals surface area contributed by atoms with Gasteiger partial charge in [0.1, 0.15) is 12.4 Å². The third-order valence-electron chi connectivity index (χ3n) is 4.45. The maximum Gasteiger partial charge on any atom is 0.365 e. The molecule has 0 aliphatic carbocycles. The van der Waals surface area contributed by atoms with Crippen LogP contribution in [0.3, 0.4) is 0 Å². The van der Waals surface area contributed by atoms with Crippen LogP contribution in [0.4, 0.5) is 10.1 Å². The topological polar surface area (TPSA) is 59.8 Å². The van der Waals surface area contributed by atoms with Crippen molar-refractivity contribution in [2.75, 3.05) is 19.0 Å². The van der Waals surface area contributed by atoms with Crippen molar-refractivity contribution in [2.45, 2.75) is 19.0 Å². The second-order valence-electron chi connectivity index (χ2n) is 6.12. The Labute approximate surface area is 145 Å². The van der Waals surface area contributed by atoms with E-state index in [1.54, 1.807) is 0 Å². The number of fused-ring (bicyclic) bond motifs is 1. The van der Waals surface area contributed by atoms with Crippen LogP contribution in [0, 0.1) is 5.82 Å². The van der Waals surface area contributed by atoms with Crippen LogP contribution in [0.5, 0.6) is 0 Å². The molecule has 1 amide bonds. The first kappa shape index (κ1) is 17.1.